The number of halogens is 1. The van der Waals surface area contributed by atoms with Crippen molar-refractivity contribution in [3.8, 4) is 0 Å². The summed E-state index contributed by atoms with van der Waals surface area (Å²) in [5, 5.41) is 3.57. The van der Waals surface area contributed by atoms with Gasteiger partial charge in [0.05, 0.1) is 11.9 Å². The average Bonchev–Trinajstić information content (AvgIpc) is 2.83. The van der Waals surface area contributed by atoms with Crippen LogP contribution in [0.25, 0.3) is 0 Å². The molecule has 0 atom stereocenters. The van der Waals surface area contributed by atoms with Crippen LogP contribution in [-0.2, 0) is 20.0 Å². The molecule has 0 aliphatic heterocycles. The van der Waals surface area contributed by atoms with Crippen LogP contribution in [0.4, 0.5) is 10.1 Å². The Kier molecular flexibility index (Phi) is 5.49. The predicted molar refractivity (Wildman–Crippen MR) is 89.8 cm³/mol. The summed E-state index contributed by atoms with van der Waals surface area (Å²) < 4.78 is 70.3. The highest BCUT2D eigenvalue weighted by Crippen LogP contribution is 2.21. The Bertz CT molecular complexity index is 951. The molecule has 2 aromatic rings. The zero-order valence-electron chi connectivity index (χ0n) is 13.9. The van der Waals surface area contributed by atoms with Crippen molar-refractivity contribution in [1.29, 1.82) is 0 Å². The van der Waals surface area contributed by atoms with Crippen molar-refractivity contribution in [3.05, 3.63) is 41.5 Å². The molecule has 1 aromatic heterocycles. The van der Waals surface area contributed by atoms with E-state index in [0.29, 0.717) is 0 Å². The van der Waals surface area contributed by atoms with Gasteiger partial charge in [-0.3, -0.25) is 4.31 Å². The monoisotopic (exact) mass is 391 g/mol. The zero-order valence-corrected chi connectivity index (χ0v) is 15.5. The van der Waals surface area contributed by atoms with E-state index < -0.39 is 25.9 Å². The summed E-state index contributed by atoms with van der Waals surface area (Å²) in [6, 6.07) is 5.35. The van der Waals surface area contributed by atoms with Gasteiger partial charge in [0.2, 0.25) is 20.0 Å². The Labute approximate surface area is 145 Å². The van der Waals surface area contributed by atoms with Gasteiger partial charge < -0.3 is 4.52 Å². The molecular weight excluding hydrogens is 373 g/mol. The molecule has 11 heteroatoms. The first-order chi connectivity index (χ1) is 11.5. The van der Waals surface area contributed by atoms with Gasteiger partial charge in [-0.25, -0.2) is 25.9 Å². The molecule has 0 spiro atoms. The van der Waals surface area contributed by atoms with E-state index in [4.69, 9.17) is 4.52 Å². The predicted octanol–water partition coefficient (Wildman–Crippen LogP) is 1.18. The van der Waals surface area contributed by atoms with Gasteiger partial charge in [0.15, 0.2) is 5.76 Å². The van der Waals surface area contributed by atoms with E-state index in [1.807, 2.05) is 0 Å². The molecule has 2 rings (SSSR count). The highest BCUT2D eigenvalue weighted by Gasteiger charge is 2.25. The number of aromatic nitrogens is 1. The second kappa shape index (κ2) is 7.10. The second-order valence-electron chi connectivity index (χ2n) is 5.34. The lowest BCUT2D eigenvalue weighted by atomic mass is 10.3. The Hall–Kier alpha value is -1.98. The number of nitrogens with zero attached hydrogens (tertiary/aromatic N) is 2. The number of nitrogens with one attached hydrogen (secondary N) is 1. The van der Waals surface area contributed by atoms with Gasteiger partial charge >= 0.3 is 0 Å². The third-order valence-corrected chi connectivity index (χ3v) is 6.25. The van der Waals surface area contributed by atoms with E-state index in [1.165, 1.54) is 32.0 Å². The van der Waals surface area contributed by atoms with Crippen LogP contribution in [0.3, 0.4) is 0 Å². The standard InChI is InChI=1S/C14H18FN3O5S2/c1-10-14(11(2)23-17-10)25(21,22)16-8-9-18(24(3,19)20)13-7-5-4-6-12(13)15/h4-7,16H,8-9H2,1-3H3. The molecule has 0 fully saturated rings. The van der Waals surface area contributed by atoms with Crippen molar-refractivity contribution < 1.29 is 25.7 Å². The van der Waals surface area contributed by atoms with Gasteiger partial charge in [-0.2, -0.15) is 0 Å². The van der Waals surface area contributed by atoms with Crippen molar-refractivity contribution in [2.24, 2.45) is 0 Å². The molecule has 0 amide bonds. The van der Waals surface area contributed by atoms with Gasteiger partial charge in [-0.05, 0) is 26.0 Å². The first-order valence-electron chi connectivity index (χ1n) is 7.19. The SMILES string of the molecule is Cc1noc(C)c1S(=O)(=O)NCCN(c1ccccc1F)S(C)(=O)=O. The summed E-state index contributed by atoms with van der Waals surface area (Å²) in [4.78, 5) is -0.0932. The number of aryl methyl sites for hydroxylation is 2. The molecule has 0 unspecified atom stereocenters. The minimum atomic E-state index is -3.93. The second-order valence-corrected chi connectivity index (χ2v) is 8.95. The summed E-state index contributed by atoms with van der Waals surface area (Å²) in [5.41, 5.74) is 0.0422. The minimum Gasteiger partial charge on any atom is -0.360 e. The minimum absolute atomic E-state index is 0.0932. The Morgan fingerprint density at radius 1 is 1.20 bits per heavy atom. The first kappa shape index (κ1) is 19.3. The lowest BCUT2D eigenvalue weighted by Crippen LogP contribution is -2.38. The number of para-hydroxylation sites is 1. The van der Waals surface area contributed by atoms with Gasteiger partial charge in [-0.1, -0.05) is 17.3 Å². The number of sulfonamides is 2. The molecule has 25 heavy (non-hydrogen) atoms. The first-order valence-corrected chi connectivity index (χ1v) is 10.5. The average molecular weight is 391 g/mol. The van der Waals surface area contributed by atoms with Crippen LogP contribution in [0.15, 0.2) is 33.7 Å². The fourth-order valence-corrected chi connectivity index (χ4v) is 4.61. The Morgan fingerprint density at radius 2 is 1.84 bits per heavy atom. The van der Waals surface area contributed by atoms with Crippen molar-refractivity contribution in [2.45, 2.75) is 18.7 Å². The molecule has 1 heterocycles. The quantitative estimate of drug-likeness (QED) is 0.759. The van der Waals surface area contributed by atoms with Crippen LogP contribution in [0.1, 0.15) is 11.5 Å². The summed E-state index contributed by atoms with van der Waals surface area (Å²) in [6.07, 6.45) is 0.919. The van der Waals surface area contributed by atoms with Gasteiger partial charge in [0.1, 0.15) is 16.4 Å². The van der Waals surface area contributed by atoms with Crippen LogP contribution in [0.2, 0.25) is 0 Å². The summed E-state index contributed by atoms with van der Waals surface area (Å²) in [5.74, 6) is -0.597. The van der Waals surface area contributed by atoms with Gasteiger partial charge in [0, 0.05) is 13.1 Å². The van der Waals surface area contributed by atoms with E-state index in [-0.39, 0.29) is 35.1 Å². The number of hydrogen-bond donors (Lipinski definition) is 1. The fourth-order valence-electron chi connectivity index (χ4n) is 2.33. The normalized spacial score (nSPS) is 12.3. The lowest BCUT2D eigenvalue weighted by Gasteiger charge is -2.22. The molecule has 0 saturated heterocycles. The Morgan fingerprint density at radius 3 is 2.36 bits per heavy atom. The van der Waals surface area contributed by atoms with Gasteiger partial charge in [0.25, 0.3) is 0 Å². The maximum Gasteiger partial charge on any atom is 0.246 e. The lowest BCUT2D eigenvalue weighted by molar-refractivity contribution is 0.390. The summed E-state index contributed by atoms with van der Waals surface area (Å²) in [6.45, 7) is 2.40. The molecule has 0 radical (unpaired) electrons. The molecule has 1 N–H and O–H groups in total. The van der Waals surface area contributed by atoms with Crippen LogP contribution >= 0.6 is 0 Å². The van der Waals surface area contributed by atoms with Crippen molar-refractivity contribution >= 4 is 25.7 Å². The molecule has 1 aromatic carbocycles. The van der Waals surface area contributed by atoms with Crippen LogP contribution < -0.4 is 9.03 Å². The highest BCUT2D eigenvalue weighted by molar-refractivity contribution is 7.92. The molecule has 0 bridgehead atoms. The number of benzene rings is 1. The third kappa shape index (κ3) is 4.35. The molecular formula is C14H18FN3O5S2. The molecule has 8 nitrogen and oxygen atoms in total. The van der Waals surface area contributed by atoms with Crippen LogP contribution in [0.5, 0.6) is 0 Å². The van der Waals surface area contributed by atoms with Crippen molar-refractivity contribution in [1.82, 2.24) is 9.88 Å². The maximum atomic E-state index is 13.9. The van der Waals surface area contributed by atoms with E-state index in [9.17, 15) is 21.2 Å². The summed E-state index contributed by atoms with van der Waals surface area (Å²) in [7, 11) is -7.73. The highest BCUT2D eigenvalue weighted by atomic mass is 32.2. The molecule has 0 aliphatic carbocycles. The Balaban J connectivity index is 2.19. The number of rotatable bonds is 7. The van der Waals surface area contributed by atoms with E-state index in [2.05, 4.69) is 9.88 Å². The van der Waals surface area contributed by atoms with E-state index >= 15 is 0 Å². The smallest absolute Gasteiger partial charge is 0.246 e. The number of anilines is 1. The zero-order chi connectivity index (χ0) is 18.8. The van der Waals surface area contributed by atoms with Gasteiger partial charge in [-0.15, -0.1) is 0 Å². The van der Waals surface area contributed by atoms with Crippen molar-refractivity contribution in [2.75, 3.05) is 23.7 Å². The van der Waals surface area contributed by atoms with Crippen LogP contribution in [0, 0.1) is 19.7 Å². The van der Waals surface area contributed by atoms with E-state index in [1.54, 1.807) is 0 Å². The van der Waals surface area contributed by atoms with Crippen molar-refractivity contribution in [3.63, 3.8) is 0 Å². The third-order valence-electron chi connectivity index (χ3n) is 3.37. The maximum absolute atomic E-state index is 13.9. The van der Waals surface area contributed by atoms with Crippen LogP contribution in [-0.4, -0.2) is 41.3 Å². The largest absolute Gasteiger partial charge is 0.360 e. The topological polar surface area (TPSA) is 110 Å². The summed E-state index contributed by atoms with van der Waals surface area (Å²) >= 11 is 0. The molecule has 0 saturated carbocycles. The molecule has 138 valence electrons. The molecule has 0 aliphatic rings. The number of hydrogen-bond acceptors (Lipinski definition) is 6. The van der Waals surface area contributed by atoms with E-state index in [0.717, 1.165) is 16.6 Å². The fraction of sp³-hybridized carbons (Fsp3) is 0.357.